The van der Waals surface area contributed by atoms with Crippen LogP contribution in [-0.4, -0.2) is 27.2 Å². The summed E-state index contributed by atoms with van der Waals surface area (Å²) in [5.74, 6) is 0. The molecule has 0 radical (unpaired) electrons. The van der Waals surface area contributed by atoms with Gasteiger partial charge >= 0.3 is 0 Å². The van der Waals surface area contributed by atoms with Gasteiger partial charge in [0, 0.05) is 16.1 Å². The Bertz CT molecular complexity index is 738. The largest absolute Gasteiger partial charge is 0.377 e. The highest BCUT2D eigenvalue weighted by Crippen LogP contribution is 2.37. The van der Waals surface area contributed by atoms with Gasteiger partial charge in [0.25, 0.3) is 0 Å². The van der Waals surface area contributed by atoms with E-state index in [4.69, 9.17) is 4.74 Å². The molecule has 6 heteroatoms. The number of aromatic nitrogens is 1. The van der Waals surface area contributed by atoms with Crippen molar-refractivity contribution in [3.8, 4) is 0 Å². The van der Waals surface area contributed by atoms with E-state index in [2.05, 4.69) is 31.7 Å². The number of ether oxygens (including phenoxy) is 1. The first-order chi connectivity index (χ1) is 10.3. The molecule has 22 heavy (non-hydrogen) atoms. The van der Waals surface area contributed by atoms with Crippen molar-refractivity contribution in [1.29, 1.82) is 0 Å². The van der Waals surface area contributed by atoms with Crippen LogP contribution in [0.2, 0.25) is 0 Å². The predicted molar refractivity (Wildman–Crippen MR) is 93.0 cm³/mol. The molecule has 0 bridgehead atoms. The molecule has 1 aromatic heterocycles. The average molecular weight is 383 g/mol. The maximum atomic E-state index is 12.6. The molecule has 4 nitrogen and oxygen atoms in total. The van der Waals surface area contributed by atoms with Gasteiger partial charge in [-0.25, -0.2) is 8.93 Å². The van der Waals surface area contributed by atoms with Gasteiger partial charge in [-0.2, -0.15) is 0 Å². The lowest BCUT2D eigenvalue weighted by atomic mass is 9.86. The third-order valence-electron chi connectivity index (χ3n) is 3.74. The lowest BCUT2D eigenvalue weighted by Crippen LogP contribution is -2.60. The molecule has 118 valence electrons. The summed E-state index contributed by atoms with van der Waals surface area (Å²) < 4.78 is 22.0. The minimum absolute atomic E-state index is 0.331. The summed E-state index contributed by atoms with van der Waals surface area (Å²) in [5, 5.41) is 1.06. The van der Waals surface area contributed by atoms with Crippen molar-refractivity contribution in [2.45, 2.75) is 31.1 Å². The molecule has 1 fully saturated rings. The Hall–Kier alpha value is -0.820. The Morgan fingerprint density at radius 2 is 2.09 bits per heavy atom. The van der Waals surface area contributed by atoms with E-state index in [0.29, 0.717) is 13.2 Å². The molecule has 1 aliphatic heterocycles. The first-order valence-corrected chi connectivity index (χ1v) is 9.08. The quantitative estimate of drug-likeness (QED) is 0.885. The highest BCUT2D eigenvalue weighted by Gasteiger charge is 2.44. The summed E-state index contributed by atoms with van der Waals surface area (Å²) in [7, 11) is -1.17. The van der Waals surface area contributed by atoms with Gasteiger partial charge < -0.3 is 4.74 Å². The van der Waals surface area contributed by atoms with Gasteiger partial charge in [0.1, 0.15) is 5.54 Å². The normalized spacial score (nSPS) is 18.9. The molecule has 2 aromatic rings. The van der Waals surface area contributed by atoms with E-state index in [1.54, 1.807) is 6.20 Å². The molecule has 0 spiro atoms. The number of hydrogen-bond acceptors (Lipinski definition) is 3. The maximum Gasteiger partial charge on any atom is 0.103 e. The third kappa shape index (κ3) is 2.85. The third-order valence-corrected chi connectivity index (χ3v) is 5.89. The molecule has 0 saturated carbocycles. The second-order valence-corrected chi connectivity index (χ2v) is 9.46. The maximum absolute atomic E-state index is 12.6. The Morgan fingerprint density at radius 3 is 2.68 bits per heavy atom. The highest BCUT2D eigenvalue weighted by molar-refractivity contribution is 9.10. The van der Waals surface area contributed by atoms with Crippen LogP contribution in [0, 0.1) is 0 Å². The Kier molecular flexibility index (Phi) is 4.14. The molecule has 0 aliphatic carbocycles. The van der Waals surface area contributed by atoms with Crippen LogP contribution in [0.4, 0.5) is 0 Å². The van der Waals surface area contributed by atoms with Crippen molar-refractivity contribution in [3.63, 3.8) is 0 Å². The lowest BCUT2D eigenvalue weighted by molar-refractivity contribution is -0.0652. The summed E-state index contributed by atoms with van der Waals surface area (Å²) in [4.78, 5) is 4.43. The van der Waals surface area contributed by atoms with Gasteiger partial charge in [0.05, 0.1) is 34.5 Å². The molecule has 2 heterocycles. The van der Waals surface area contributed by atoms with Crippen LogP contribution >= 0.6 is 15.9 Å². The fraction of sp³-hybridized carbons (Fsp3) is 0.438. The number of nitrogens with one attached hydrogen (secondary N) is 1. The summed E-state index contributed by atoms with van der Waals surface area (Å²) in [6, 6.07) is 8.03. The number of rotatable bonds is 3. The van der Waals surface area contributed by atoms with Crippen molar-refractivity contribution in [3.05, 3.63) is 40.5 Å². The Balaban J connectivity index is 2.09. The van der Waals surface area contributed by atoms with Gasteiger partial charge in [0.15, 0.2) is 0 Å². The molecule has 3 rings (SSSR count). The zero-order valence-corrected chi connectivity index (χ0v) is 15.3. The van der Waals surface area contributed by atoms with Crippen LogP contribution in [0.1, 0.15) is 26.3 Å². The summed E-state index contributed by atoms with van der Waals surface area (Å²) >= 11 is 3.55. The molecule has 0 amide bonds. The van der Waals surface area contributed by atoms with Crippen molar-refractivity contribution >= 4 is 37.8 Å². The number of halogens is 1. The van der Waals surface area contributed by atoms with Gasteiger partial charge in [0.2, 0.25) is 0 Å². The molecule has 1 unspecified atom stereocenters. The minimum Gasteiger partial charge on any atom is -0.377 e. The Labute approximate surface area is 141 Å². The molecule has 1 atom stereocenters. The van der Waals surface area contributed by atoms with E-state index in [-0.39, 0.29) is 4.75 Å². The highest BCUT2D eigenvalue weighted by atomic mass is 79.9. The number of fused-ring (bicyclic) bond motifs is 1. The molecule has 1 aromatic carbocycles. The first-order valence-electron chi connectivity index (χ1n) is 7.14. The summed E-state index contributed by atoms with van der Waals surface area (Å²) in [6.45, 7) is 6.91. The second kappa shape index (κ2) is 5.67. The van der Waals surface area contributed by atoms with E-state index < -0.39 is 16.5 Å². The molecular weight excluding hydrogens is 364 g/mol. The monoisotopic (exact) mass is 382 g/mol. The minimum atomic E-state index is -1.17. The SMILES string of the molecule is CC(C)(C)S(=O)NC1(c2cc(Br)cc3ncccc23)COC1. The number of hydrogen-bond donors (Lipinski definition) is 1. The summed E-state index contributed by atoms with van der Waals surface area (Å²) in [6.07, 6.45) is 1.78. The van der Waals surface area contributed by atoms with Gasteiger partial charge in [-0.1, -0.05) is 22.0 Å². The molecule has 1 N–H and O–H groups in total. The Morgan fingerprint density at radius 1 is 1.36 bits per heavy atom. The van der Waals surface area contributed by atoms with Crippen LogP contribution < -0.4 is 4.72 Å². The zero-order valence-electron chi connectivity index (χ0n) is 12.9. The van der Waals surface area contributed by atoms with Crippen LogP contribution in [0.3, 0.4) is 0 Å². The summed E-state index contributed by atoms with van der Waals surface area (Å²) in [5.41, 5.74) is 1.57. The van der Waals surface area contributed by atoms with Gasteiger partial charge in [-0.05, 0) is 44.5 Å². The second-order valence-electron chi connectivity index (χ2n) is 6.58. The van der Waals surface area contributed by atoms with Crippen molar-refractivity contribution in [2.24, 2.45) is 0 Å². The van der Waals surface area contributed by atoms with Crippen LogP contribution in [0.5, 0.6) is 0 Å². The van der Waals surface area contributed by atoms with Crippen molar-refractivity contribution in [2.75, 3.05) is 13.2 Å². The average Bonchev–Trinajstić information content (AvgIpc) is 2.40. The smallest absolute Gasteiger partial charge is 0.103 e. The van der Waals surface area contributed by atoms with E-state index in [1.165, 1.54) is 0 Å². The van der Waals surface area contributed by atoms with E-state index in [9.17, 15) is 4.21 Å². The first kappa shape index (κ1) is 16.1. The van der Waals surface area contributed by atoms with E-state index in [1.807, 2.05) is 39.0 Å². The fourth-order valence-corrected chi connectivity index (χ4v) is 3.78. The standard InChI is InChI=1S/C16H19BrN2O2S/c1-15(2,3)22(20)19-16(9-21-10-16)13-7-11(17)8-14-12(13)5-4-6-18-14/h4-8,19H,9-10H2,1-3H3. The van der Waals surface area contributed by atoms with E-state index in [0.717, 1.165) is 20.9 Å². The van der Waals surface area contributed by atoms with Gasteiger partial charge in [-0.15, -0.1) is 0 Å². The topological polar surface area (TPSA) is 51.2 Å². The number of benzene rings is 1. The van der Waals surface area contributed by atoms with Crippen molar-refractivity contribution < 1.29 is 8.95 Å². The zero-order chi connectivity index (χ0) is 16.0. The number of nitrogens with zero attached hydrogens (tertiary/aromatic N) is 1. The van der Waals surface area contributed by atoms with Crippen LogP contribution in [0.25, 0.3) is 10.9 Å². The van der Waals surface area contributed by atoms with Crippen LogP contribution in [-0.2, 0) is 21.3 Å². The van der Waals surface area contributed by atoms with Gasteiger partial charge in [-0.3, -0.25) is 4.98 Å². The lowest BCUT2D eigenvalue weighted by Gasteiger charge is -2.44. The molecule has 1 aliphatic rings. The van der Waals surface area contributed by atoms with Crippen LogP contribution in [0.15, 0.2) is 34.9 Å². The van der Waals surface area contributed by atoms with Crippen molar-refractivity contribution in [1.82, 2.24) is 9.71 Å². The molecular formula is C16H19BrN2O2S. The molecule has 1 saturated heterocycles. The fourth-order valence-electron chi connectivity index (χ4n) is 2.45. The number of pyridine rings is 1. The van der Waals surface area contributed by atoms with E-state index >= 15 is 0 Å². The predicted octanol–water partition coefficient (Wildman–Crippen LogP) is 3.27.